The quantitative estimate of drug-likeness (QED) is 0.776. The zero-order chi connectivity index (χ0) is 15.0. The molecule has 0 radical (unpaired) electrons. The largest absolute Gasteiger partial charge is 0.497 e. The number of ether oxygens (including phenoxy) is 1. The summed E-state index contributed by atoms with van der Waals surface area (Å²) in [6, 6.07) is 10.1. The number of benzene rings is 1. The fourth-order valence-electron chi connectivity index (χ4n) is 2.09. The average molecular weight is 348 g/mol. The van der Waals surface area contributed by atoms with Gasteiger partial charge in [0.2, 0.25) is 0 Å². The second-order valence-corrected chi connectivity index (χ2v) is 5.13. The van der Waals surface area contributed by atoms with Crippen LogP contribution in [0.2, 0.25) is 0 Å². The molecule has 1 aromatic carbocycles. The van der Waals surface area contributed by atoms with Crippen LogP contribution in [-0.4, -0.2) is 23.2 Å². The minimum atomic E-state index is -1.03. The molecule has 0 aliphatic heterocycles. The molecule has 3 rings (SSSR count). The van der Waals surface area contributed by atoms with Gasteiger partial charge in [0.1, 0.15) is 11.4 Å². The minimum Gasteiger partial charge on any atom is -0.497 e. The fourth-order valence-corrected chi connectivity index (χ4v) is 2.39. The zero-order valence-corrected chi connectivity index (χ0v) is 12.5. The smallest absolute Gasteiger partial charge is 0.336 e. The third-order valence-corrected chi connectivity index (χ3v) is 3.50. The van der Waals surface area contributed by atoms with Crippen LogP contribution in [0.1, 0.15) is 10.4 Å². The summed E-state index contributed by atoms with van der Waals surface area (Å²) in [5.41, 5.74) is 1.19. The van der Waals surface area contributed by atoms with E-state index in [1.54, 1.807) is 30.3 Å². The molecule has 0 bridgehead atoms. The van der Waals surface area contributed by atoms with Crippen LogP contribution in [0, 0.1) is 0 Å². The van der Waals surface area contributed by atoms with Gasteiger partial charge >= 0.3 is 5.97 Å². The molecule has 0 unspecified atom stereocenters. The highest BCUT2D eigenvalue weighted by molar-refractivity contribution is 9.10. The molecule has 2 heterocycles. The van der Waals surface area contributed by atoms with Crippen LogP contribution < -0.4 is 4.74 Å². The van der Waals surface area contributed by atoms with Gasteiger partial charge in [-0.25, -0.2) is 9.78 Å². The molecule has 2 aromatic heterocycles. The maximum Gasteiger partial charge on any atom is 0.336 e. The van der Waals surface area contributed by atoms with Crippen LogP contribution >= 0.6 is 15.9 Å². The Bertz CT molecular complexity index is 841. The number of hydrogen-bond acceptors (Lipinski definition) is 4. The van der Waals surface area contributed by atoms with E-state index in [4.69, 9.17) is 9.15 Å². The van der Waals surface area contributed by atoms with Crippen LogP contribution in [0.25, 0.3) is 22.4 Å². The Morgan fingerprint density at radius 2 is 2.10 bits per heavy atom. The van der Waals surface area contributed by atoms with Crippen molar-refractivity contribution in [1.82, 2.24) is 4.98 Å². The van der Waals surface area contributed by atoms with Gasteiger partial charge in [-0.2, -0.15) is 0 Å². The van der Waals surface area contributed by atoms with Crippen LogP contribution in [0.4, 0.5) is 0 Å². The molecule has 0 aliphatic rings. The van der Waals surface area contributed by atoms with Crippen LogP contribution in [0.5, 0.6) is 5.75 Å². The summed E-state index contributed by atoms with van der Waals surface area (Å²) in [7, 11) is 1.53. The summed E-state index contributed by atoms with van der Waals surface area (Å²) in [6.45, 7) is 0. The molecule has 3 aromatic rings. The Balaban J connectivity index is 2.28. The number of pyridine rings is 1. The summed E-state index contributed by atoms with van der Waals surface area (Å²) in [5, 5.41) is 9.94. The van der Waals surface area contributed by atoms with Crippen molar-refractivity contribution in [3.63, 3.8) is 0 Å². The lowest BCUT2D eigenvalue weighted by molar-refractivity contribution is 0.0699. The number of rotatable bonds is 3. The summed E-state index contributed by atoms with van der Waals surface area (Å²) in [5.74, 6) is 0.0601. The molecular weight excluding hydrogens is 338 g/mol. The van der Waals surface area contributed by atoms with Gasteiger partial charge in [0.25, 0.3) is 0 Å². The number of aromatic carboxylic acids is 1. The van der Waals surface area contributed by atoms with Crippen molar-refractivity contribution in [3.05, 3.63) is 46.6 Å². The van der Waals surface area contributed by atoms with Crippen molar-refractivity contribution < 1.29 is 19.1 Å². The second kappa shape index (κ2) is 5.21. The lowest BCUT2D eigenvalue weighted by atomic mass is 10.1. The third-order valence-electron chi connectivity index (χ3n) is 3.07. The van der Waals surface area contributed by atoms with Gasteiger partial charge in [0, 0.05) is 5.39 Å². The first-order chi connectivity index (χ1) is 10.1. The number of carbonyl (C=O) groups is 1. The Morgan fingerprint density at radius 1 is 1.29 bits per heavy atom. The molecule has 6 heteroatoms. The van der Waals surface area contributed by atoms with E-state index in [0.29, 0.717) is 32.8 Å². The van der Waals surface area contributed by atoms with Gasteiger partial charge in [0.05, 0.1) is 18.2 Å². The Morgan fingerprint density at radius 3 is 2.71 bits per heavy atom. The highest BCUT2D eigenvalue weighted by Gasteiger charge is 2.15. The summed E-state index contributed by atoms with van der Waals surface area (Å²) < 4.78 is 11.1. The molecule has 0 saturated heterocycles. The van der Waals surface area contributed by atoms with Crippen molar-refractivity contribution in [2.24, 2.45) is 0 Å². The molecule has 21 heavy (non-hydrogen) atoms. The Hall–Kier alpha value is -2.34. The molecule has 106 valence electrons. The second-order valence-electron chi connectivity index (χ2n) is 4.35. The van der Waals surface area contributed by atoms with Gasteiger partial charge < -0.3 is 14.3 Å². The van der Waals surface area contributed by atoms with E-state index >= 15 is 0 Å². The van der Waals surface area contributed by atoms with E-state index in [-0.39, 0.29) is 5.56 Å². The molecule has 5 nitrogen and oxygen atoms in total. The van der Waals surface area contributed by atoms with E-state index < -0.39 is 5.97 Å². The van der Waals surface area contributed by atoms with Crippen molar-refractivity contribution in [1.29, 1.82) is 0 Å². The Kier molecular flexibility index (Phi) is 3.39. The number of methoxy groups -OCH3 is 1. The van der Waals surface area contributed by atoms with Crippen LogP contribution in [-0.2, 0) is 0 Å². The monoisotopic (exact) mass is 347 g/mol. The van der Waals surface area contributed by atoms with Crippen molar-refractivity contribution in [2.75, 3.05) is 7.11 Å². The van der Waals surface area contributed by atoms with Crippen molar-refractivity contribution >= 4 is 32.8 Å². The maximum atomic E-state index is 11.5. The SMILES string of the molecule is COc1ccc2nc(-c3ccc(Br)o3)cc(C(=O)O)c2c1. The predicted molar refractivity (Wildman–Crippen MR) is 80.7 cm³/mol. The molecular formula is C15H10BrNO4. The summed E-state index contributed by atoms with van der Waals surface area (Å²) in [4.78, 5) is 15.9. The van der Waals surface area contributed by atoms with Gasteiger partial charge in [-0.05, 0) is 52.3 Å². The van der Waals surface area contributed by atoms with Gasteiger partial charge in [-0.15, -0.1) is 0 Å². The van der Waals surface area contributed by atoms with Crippen LogP contribution in [0.15, 0.2) is 45.5 Å². The molecule has 1 N–H and O–H groups in total. The standard InChI is InChI=1S/C15H10BrNO4/c1-20-8-2-3-11-9(6-8)10(15(18)19)7-12(17-11)13-4-5-14(16)21-13/h2-7H,1H3,(H,18,19). The lowest BCUT2D eigenvalue weighted by Gasteiger charge is -2.07. The highest BCUT2D eigenvalue weighted by Crippen LogP contribution is 2.29. The maximum absolute atomic E-state index is 11.5. The van der Waals surface area contributed by atoms with Gasteiger partial charge in [-0.3, -0.25) is 0 Å². The van der Waals surface area contributed by atoms with Crippen molar-refractivity contribution in [2.45, 2.75) is 0 Å². The average Bonchev–Trinajstić information content (AvgIpc) is 2.92. The first-order valence-corrected chi connectivity index (χ1v) is 6.85. The summed E-state index contributed by atoms with van der Waals surface area (Å²) in [6.07, 6.45) is 0. The first-order valence-electron chi connectivity index (χ1n) is 6.06. The number of furan rings is 1. The first kappa shape index (κ1) is 13.6. The normalized spacial score (nSPS) is 10.8. The molecule has 0 saturated carbocycles. The predicted octanol–water partition coefficient (Wildman–Crippen LogP) is 3.96. The third kappa shape index (κ3) is 2.50. The van der Waals surface area contributed by atoms with E-state index in [1.165, 1.54) is 13.2 Å². The molecule has 0 fully saturated rings. The lowest BCUT2D eigenvalue weighted by Crippen LogP contribution is -2.00. The number of nitrogens with zero attached hydrogens (tertiary/aromatic N) is 1. The number of carboxylic acid groups (broad SMARTS) is 1. The van der Waals surface area contributed by atoms with Crippen LogP contribution in [0.3, 0.4) is 0 Å². The fraction of sp³-hybridized carbons (Fsp3) is 0.0667. The topological polar surface area (TPSA) is 72.6 Å². The minimum absolute atomic E-state index is 0.154. The van der Waals surface area contributed by atoms with Gasteiger partial charge in [-0.1, -0.05) is 0 Å². The van der Waals surface area contributed by atoms with E-state index in [9.17, 15) is 9.90 Å². The number of carboxylic acids is 1. The summed E-state index contributed by atoms with van der Waals surface area (Å²) >= 11 is 3.22. The Labute approximate surface area is 128 Å². The molecule has 0 amide bonds. The molecule has 0 atom stereocenters. The van der Waals surface area contributed by atoms with Gasteiger partial charge in [0.15, 0.2) is 10.4 Å². The van der Waals surface area contributed by atoms with E-state index in [1.807, 2.05) is 0 Å². The molecule has 0 spiro atoms. The number of fused-ring (bicyclic) bond motifs is 1. The van der Waals surface area contributed by atoms with Crippen molar-refractivity contribution in [3.8, 4) is 17.2 Å². The van der Waals surface area contributed by atoms with E-state index in [2.05, 4.69) is 20.9 Å². The molecule has 0 aliphatic carbocycles. The number of hydrogen-bond donors (Lipinski definition) is 1. The zero-order valence-electron chi connectivity index (χ0n) is 11.0. The van der Waals surface area contributed by atoms with E-state index in [0.717, 1.165) is 0 Å². The number of halogens is 1. The highest BCUT2D eigenvalue weighted by atomic mass is 79.9. The number of aromatic nitrogens is 1.